The summed E-state index contributed by atoms with van der Waals surface area (Å²) < 4.78 is 0. The normalized spacial score (nSPS) is 33.3. The molecule has 0 N–H and O–H groups in total. The Morgan fingerprint density at radius 1 is 1.05 bits per heavy atom. The molecule has 1 aromatic rings. The number of fused-ring (bicyclic) bond motifs is 5. The lowest BCUT2D eigenvalue weighted by Crippen LogP contribution is -2.35. The molecular formula is C18H15NO3. The smallest absolute Gasteiger partial charge is 0.313 e. The van der Waals surface area contributed by atoms with E-state index in [-0.39, 0.29) is 17.6 Å². The van der Waals surface area contributed by atoms with Crippen molar-refractivity contribution in [3.8, 4) is 0 Å². The summed E-state index contributed by atoms with van der Waals surface area (Å²) in [5, 5.41) is 4.05. The Morgan fingerprint density at radius 3 is 2.55 bits per heavy atom. The van der Waals surface area contributed by atoms with Gasteiger partial charge in [-0.15, -0.1) is 0 Å². The van der Waals surface area contributed by atoms with Gasteiger partial charge in [0.15, 0.2) is 5.78 Å². The molecule has 0 amide bonds. The fourth-order valence-corrected chi connectivity index (χ4v) is 3.82. The van der Waals surface area contributed by atoms with Crippen molar-refractivity contribution in [1.82, 2.24) is 0 Å². The van der Waals surface area contributed by atoms with Crippen LogP contribution in [0.25, 0.3) is 0 Å². The average molecular weight is 293 g/mol. The van der Waals surface area contributed by atoms with E-state index in [4.69, 9.17) is 4.84 Å². The van der Waals surface area contributed by atoms with Crippen LogP contribution >= 0.6 is 0 Å². The highest BCUT2D eigenvalue weighted by Gasteiger charge is 2.50. The van der Waals surface area contributed by atoms with Gasteiger partial charge in [0, 0.05) is 11.8 Å². The van der Waals surface area contributed by atoms with Crippen LogP contribution in [-0.4, -0.2) is 17.5 Å². The Balaban J connectivity index is 1.57. The van der Waals surface area contributed by atoms with E-state index in [9.17, 15) is 9.59 Å². The van der Waals surface area contributed by atoms with Gasteiger partial charge in [0.25, 0.3) is 0 Å². The molecule has 110 valence electrons. The van der Waals surface area contributed by atoms with Crippen LogP contribution in [-0.2, 0) is 9.63 Å². The van der Waals surface area contributed by atoms with Gasteiger partial charge in [0.1, 0.15) is 0 Å². The van der Waals surface area contributed by atoms with E-state index < -0.39 is 5.97 Å². The van der Waals surface area contributed by atoms with Crippen LogP contribution in [0.4, 0.5) is 0 Å². The van der Waals surface area contributed by atoms with Crippen LogP contribution in [0, 0.1) is 23.7 Å². The maximum absolute atomic E-state index is 12.1. The highest BCUT2D eigenvalue weighted by atomic mass is 16.7. The summed E-state index contributed by atoms with van der Waals surface area (Å²) in [4.78, 5) is 29.1. The fourth-order valence-electron chi connectivity index (χ4n) is 3.82. The molecule has 1 saturated carbocycles. The molecule has 22 heavy (non-hydrogen) atoms. The van der Waals surface area contributed by atoms with E-state index in [2.05, 4.69) is 17.3 Å². The number of nitrogens with zero attached hydrogens (tertiary/aromatic N) is 1. The van der Waals surface area contributed by atoms with E-state index in [1.54, 1.807) is 36.4 Å². The predicted octanol–water partition coefficient (Wildman–Crippen LogP) is 2.78. The lowest BCUT2D eigenvalue weighted by Gasteiger charge is -2.28. The molecule has 2 bridgehead atoms. The minimum Gasteiger partial charge on any atom is -0.313 e. The van der Waals surface area contributed by atoms with Crippen LogP contribution in [0.15, 0.2) is 59.8 Å². The van der Waals surface area contributed by atoms with Crippen molar-refractivity contribution < 1.29 is 14.4 Å². The molecule has 0 aliphatic heterocycles. The maximum atomic E-state index is 12.1. The van der Waals surface area contributed by atoms with E-state index in [1.165, 1.54) is 0 Å². The predicted molar refractivity (Wildman–Crippen MR) is 81.2 cm³/mol. The lowest BCUT2D eigenvalue weighted by molar-refractivity contribution is -0.119. The zero-order valence-electron chi connectivity index (χ0n) is 11.9. The number of allylic oxidation sites excluding steroid dienone is 4. The number of rotatable bonds is 2. The second-order valence-corrected chi connectivity index (χ2v) is 6.00. The fraction of sp³-hybridized carbons (Fsp3) is 0.278. The number of carbonyl (C=O) groups excluding carboxylic acids is 2. The zero-order valence-corrected chi connectivity index (χ0v) is 11.9. The summed E-state index contributed by atoms with van der Waals surface area (Å²) >= 11 is 0. The second kappa shape index (κ2) is 5.05. The molecular weight excluding hydrogens is 278 g/mol. The van der Waals surface area contributed by atoms with Crippen molar-refractivity contribution >= 4 is 17.5 Å². The standard InChI is InChI=1S/C18H15NO3/c20-15-9-8-14(16-12-6-7-13(10-12)17(15)16)19-22-18(21)11-4-2-1-3-5-11/h1-9,12-13,16-17H,10H2/b19-14-/t12-,13+,16+,17-/m1/s1. The van der Waals surface area contributed by atoms with Gasteiger partial charge in [0.2, 0.25) is 0 Å². The summed E-state index contributed by atoms with van der Waals surface area (Å²) in [6.45, 7) is 0. The van der Waals surface area contributed by atoms with Gasteiger partial charge in [0.05, 0.1) is 11.3 Å². The van der Waals surface area contributed by atoms with E-state index in [0.717, 1.165) is 6.42 Å². The van der Waals surface area contributed by atoms with Crippen LogP contribution < -0.4 is 0 Å². The van der Waals surface area contributed by atoms with Gasteiger partial charge in [-0.25, -0.2) is 4.79 Å². The zero-order chi connectivity index (χ0) is 15.1. The Hall–Kier alpha value is -2.49. The molecule has 0 unspecified atom stereocenters. The summed E-state index contributed by atoms with van der Waals surface area (Å²) in [6, 6.07) is 8.77. The SMILES string of the molecule is O=C(O/N=C1/C=CC(=O)[C@@H]2[C@H]1[C@@H]1C=C[C@H]2C1)c1ccccc1. The Labute approximate surface area is 128 Å². The molecule has 4 atom stereocenters. The number of ketones is 1. The molecule has 3 aliphatic carbocycles. The topological polar surface area (TPSA) is 55.7 Å². The first-order chi connectivity index (χ1) is 10.7. The minimum absolute atomic E-state index is 0.0332. The van der Waals surface area contributed by atoms with Crippen LogP contribution in [0.1, 0.15) is 16.8 Å². The van der Waals surface area contributed by atoms with Crippen molar-refractivity contribution in [1.29, 1.82) is 0 Å². The number of carbonyl (C=O) groups is 2. The van der Waals surface area contributed by atoms with Gasteiger partial charge < -0.3 is 4.84 Å². The lowest BCUT2D eigenvalue weighted by atomic mass is 9.74. The van der Waals surface area contributed by atoms with E-state index in [0.29, 0.717) is 23.1 Å². The largest absolute Gasteiger partial charge is 0.365 e. The minimum atomic E-state index is -0.478. The third-order valence-corrected chi connectivity index (χ3v) is 4.79. The Morgan fingerprint density at radius 2 is 1.77 bits per heavy atom. The first-order valence-electron chi connectivity index (χ1n) is 7.48. The molecule has 3 aliphatic rings. The summed E-state index contributed by atoms with van der Waals surface area (Å²) in [6.07, 6.45) is 8.54. The van der Waals surface area contributed by atoms with Gasteiger partial charge in [-0.1, -0.05) is 35.5 Å². The van der Waals surface area contributed by atoms with Crippen molar-refractivity contribution in [2.75, 3.05) is 0 Å². The summed E-state index contributed by atoms with van der Waals surface area (Å²) in [7, 11) is 0. The van der Waals surface area contributed by atoms with Crippen molar-refractivity contribution in [2.45, 2.75) is 6.42 Å². The third-order valence-electron chi connectivity index (χ3n) is 4.79. The quantitative estimate of drug-likeness (QED) is 0.478. The summed E-state index contributed by atoms with van der Waals surface area (Å²) in [5.41, 5.74) is 1.16. The van der Waals surface area contributed by atoms with Crippen molar-refractivity contribution in [3.63, 3.8) is 0 Å². The first-order valence-corrected chi connectivity index (χ1v) is 7.48. The first kappa shape index (κ1) is 13.2. The molecule has 4 rings (SSSR count). The Kier molecular flexibility index (Phi) is 3.03. The van der Waals surface area contributed by atoms with Crippen molar-refractivity contribution in [2.24, 2.45) is 28.8 Å². The molecule has 4 heteroatoms. The molecule has 0 aromatic heterocycles. The average Bonchev–Trinajstić information content (AvgIpc) is 3.17. The molecule has 0 radical (unpaired) electrons. The molecule has 1 fully saturated rings. The van der Waals surface area contributed by atoms with Crippen LogP contribution in [0.5, 0.6) is 0 Å². The summed E-state index contributed by atoms with van der Waals surface area (Å²) in [5.74, 6) is 0.342. The Bertz CT molecular complexity index is 717. The third kappa shape index (κ3) is 2.03. The number of benzene rings is 1. The molecule has 0 saturated heterocycles. The van der Waals surface area contributed by atoms with Crippen LogP contribution in [0.3, 0.4) is 0 Å². The van der Waals surface area contributed by atoms with E-state index in [1.807, 2.05) is 6.07 Å². The van der Waals surface area contributed by atoms with Gasteiger partial charge in [-0.2, -0.15) is 0 Å². The number of hydrogen-bond acceptors (Lipinski definition) is 4. The van der Waals surface area contributed by atoms with Crippen LogP contribution in [0.2, 0.25) is 0 Å². The second-order valence-electron chi connectivity index (χ2n) is 6.00. The monoisotopic (exact) mass is 293 g/mol. The maximum Gasteiger partial charge on any atom is 0.365 e. The van der Waals surface area contributed by atoms with Gasteiger partial charge in [-0.3, -0.25) is 4.79 Å². The highest BCUT2D eigenvalue weighted by molar-refractivity contribution is 6.10. The number of hydrogen-bond donors (Lipinski definition) is 0. The van der Waals surface area contributed by atoms with Gasteiger partial charge in [-0.05, 0) is 42.5 Å². The van der Waals surface area contributed by atoms with Crippen molar-refractivity contribution in [3.05, 3.63) is 60.2 Å². The molecule has 0 heterocycles. The molecule has 4 nitrogen and oxygen atoms in total. The van der Waals surface area contributed by atoms with Gasteiger partial charge >= 0.3 is 5.97 Å². The molecule has 1 aromatic carbocycles. The molecule has 0 spiro atoms. The van der Waals surface area contributed by atoms with E-state index >= 15 is 0 Å². The number of oxime groups is 1. The highest BCUT2D eigenvalue weighted by Crippen LogP contribution is 2.50.